The lowest BCUT2D eigenvalue weighted by atomic mass is 9.87. The van der Waals surface area contributed by atoms with Crippen LogP contribution in [0, 0.1) is 0 Å². The Balaban J connectivity index is 1.90. The molecule has 1 aliphatic carbocycles. The molecule has 1 aliphatic heterocycles. The van der Waals surface area contributed by atoms with Crippen molar-refractivity contribution in [3.05, 3.63) is 48.0 Å². The molecular weight excluding hydrogens is 246 g/mol. The largest absolute Gasteiger partial charge is 0.370 e. The molecule has 0 aromatic heterocycles. The summed E-state index contributed by atoms with van der Waals surface area (Å²) in [6.45, 7) is 3.03. The third kappa shape index (κ3) is 1.56. The molecule has 0 spiro atoms. The Morgan fingerprint density at radius 1 is 1.15 bits per heavy atom. The monoisotopic (exact) mass is 265 g/mol. The fourth-order valence-corrected chi connectivity index (χ4v) is 3.47. The maximum atomic E-state index is 6.15. The predicted octanol–water partition coefficient (Wildman–Crippen LogP) is 2.85. The fourth-order valence-electron chi connectivity index (χ4n) is 3.47. The number of fused-ring (bicyclic) bond motifs is 1. The Bertz CT molecular complexity index is 697. The van der Waals surface area contributed by atoms with Gasteiger partial charge in [-0.05, 0) is 36.1 Å². The topological polar surface area (TPSA) is 41.6 Å². The first kappa shape index (κ1) is 11.8. The van der Waals surface area contributed by atoms with E-state index in [1.54, 1.807) is 0 Å². The average molecular weight is 265 g/mol. The first-order chi connectivity index (χ1) is 9.70. The second-order valence-electron chi connectivity index (χ2n) is 6.08. The molecule has 0 amide bonds. The van der Waals surface area contributed by atoms with Gasteiger partial charge in [0.15, 0.2) is 5.96 Å². The van der Waals surface area contributed by atoms with Gasteiger partial charge in [0.05, 0.1) is 12.1 Å². The molecule has 1 fully saturated rings. The molecule has 0 radical (unpaired) electrons. The first-order valence-corrected chi connectivity index (χ1v) is 7.28. The van der Waals surface area contributed by atoms with E-state index in [1.807, 2.05) is 0 Å². The Kier molecular flexibility index (Phi) is 2.34. The van der Waals surface area contributed by atoms with Crippen molar-refractivity contribution in [2.45, 2.75) is 31.3 Å². The number of hydrogen-bond donors (Lipinski definition) is 1. The van der Waals surface area contributed by atoms with Gasteiger partial charge in [-0.1, -0.05) is 42.5 Å². The van der Waals surface area contributed by atoms with Gasteiger partial charge in [-0.25, -0.2) is 0 Å². The third-order valence-corrected chi connectivity index (χ3v) is 4.61. The van der Waals surface area contributed by atoms with Gasteiger partial charge in [0.1, 0.15) is 0 Å². The van der Waals surface area contributed by atoms with Crippen LogP contribution in [0.25, 0.3) is 10.8 Å². The van der Waals surface area contributed by atoms with Crippen LogP contribution in [0.1, 0.15) is 25.3 Å². The van der Waals surface area contributed by atoms with Gasteiger partial charge in [-0.3, -0.25) is 4.99 Å². The molecule has 2 aromatic rings. The maximum absolute atomic E-state index is 6.15. The summed E-state index contributed by atoms with van der Waals surface area (Å²) in [4.78, 5) is 6.88. The number of benzene rings is 2. The highest BCUT2D eigenvalue weighted by atomic mass is 15.4. The van der Waals surface area contributed by atoms with E-state index in [2.05, 4.69) is 59.3 Å². The molecule has 2 aromatic carbocycles. The molecule has 102 valence electrons. The van der Waals surface area contributed by atoms with E-state index in [0.717, 1.165) is 6.54 Å². The quantitative estimate of drug-likeness (QED) is 0.907. The smallest absolute Gasteiger partial charge is 0.192 e. The maximum Gasteiger partial charge on any atom is 0.192 e. The highest BCUT2D eigenvalue weighted by molar-refractivity contribution is 5.89. The van der Waals surface area contributed by atoms with Crippen LogP contribution >= 0.6 is 0 Å². The Labute approximate surface area is 119 Å². The van der Waals surface area contributed by atoms with Gasteiger partial charge in [-0.2, -0.15) is 0 Å². The normalized spacial score (nSPS) is 26.1. The molecule has 1 atom stereocenters. The molecule has 3 nitrogen and oxygen atoms in total. The number of nitrogens with zero attached hydrogens (tertiary/aromatic N) is 2. The Morgan fingerprint density at radius 2 is 1.90 bits per heavy atom. The zero-order valence-corrected chi connectivity index (χ0v) is 11.7. The minimum atomic E-state index is -0.105. The summed E-state index contributed by atoms with van der Waals surface area (Å²) in [5, 5.41) is 2.60. The summed E-state index contributed by atoms with van der Waals surface area (Å²) in [6, 6.07) is 15.7. The van der Waals surface area contributed by atoms with Crippen molar-refractivity contribution in [1.29, 1.82) is 0 Å². The van der Waals surface area contributed by atoms with Crippen molar-refractivity contribution in [1.82, 2.24) is 4.90 Å². The van der Waals surface area contributed by atoms with E-state index in [9.17, 15) is 0 Å². The van der Waals surface area contributed by atoms with Gasteiger partial charge < -0.3 is 10.6 Å². The number of guanidine groups is 1. The summed E-state index contributed by atoms with van der Waals surface area (Å²) in [5.74, 6) is 0.711. The molecule has 1 saturated carbocycles. The van der Waals surface area contributed by atoms with Crippen LogP contribution in [0.4, 0.5) is 0 Å². The van der Waals surface area contributed by atoms with E-state index in [0.29, 0.717) is 12.0 Å². The van der Waals surface area contributed by atoms with E-state index < -0.39 is 0 Å². The second-order valence-corrected chi connectivity index (χ2v) is 6.08. The highest BCUT2D eigenvalue weighted by Crippen LogP contribution is 2.43. The highest BCUT2D eigenvalue weighted by Gasteiger charge is 2.47. The van der Waals surface area contributed by atoms with Crippen molar-refractivity contribution < 1.29 is 0 Å². The van der Waals surface area contributed by atoms with E-state index in [4.69, 9.17) is 5.73 Å². The molecule has 2 aliphatic rings. The van der Waals surface area contributed by atoms with E-state index >= 15 is 0 Å². The molecule has 0 saturated heterocycles. The van der Waals surface area contributed by atoms with Crippen LogP contribution < -0.4 is 5.73 Å². The van der Waals surface area contributed by atoms with Gasteiger partial charge >= 0.3 is 0 Å². The molecule has 1 unspecified atom stereocenters. The fraction of sp³-hybridized carbons (Fsp3) is 0.353. The van der Waals surface area contributed by atoms with Crippen LogP contribution in [-0.2, 0) is 5.54 Å². The van der Waals surface area contributed by atoms with Crippen LogP contribution in [-0.4, -0.2) is 23.4 Å². The van der Waals surface area contributed by atoms with E-state index in [1.165, 1.54) is 29.2 Å². The molecule has 1 heterocycles. The van der Waals surface area contributed by atoms with Crippen LogP contribution in [0.15, 0.2) is 47.5 Å². The Hall–Kier alpha value is -2.03. The second kappa shape index (κ2) is 3.98. The summed E-state index contributed by atoms with van der Waals surface area (Å²) in [6.07, 6.45) is 2.47. The summed E-state index contributed by atoms with van der Waals surface area (Å²) < 4.78 is 0. The molecule has 2 N–H and O–H groups in total. The zero-order valence-electron chi connectivity index (χ0n) is 11.7. The molecule has 3 heteroatoms. The number of rotatable bonds is 2. The average Bonchev–Trinajstić information content (AvgIpc) is 3.25. The number of aliphatic imine (C=N–C) groups is 1. The van der Waals surface area contributed by atoms with Crippen LogP contribution in [0.5, 0.6) is 0 Å². The molecule has 20 heavy (non-hydrogen) atoms. The summed E-state index contributed by atoms with van der Waals surface area (Å²) >= 11 is 0. The Morgan fingerprint density at radius 3 is 2.70 bits per heavy atom. The lowest BCUT2D eigenvalue weighted by Crippen LogP contribution is -2.48. The van der Waals surface area contributed by atoms with Gasteiger partial charge in [0.2, 0.25) is 0 Å². The van der Waals surface area contributed by atoms with Crippen molar-refractivity contribution in [2.24, 2.45) is 10.7 Å². The lowest BCUT2D eigenvalue weighted by Gasteiger charge is -2.37. The van der Waals surface area contributed by atoms with Crippen molar-refractivity contribution >= 4 is 16.7 Å². The SMILES string of the molecule is CC1(c2cccc3ccccc23)CN=C(N)N1C1CC1. The van der Waals surface area contributed by atoms with E-state index in [-0.39, 0.29) is 5.54 Å². The van der Waals surface area contributed by atoms with Gasteiger partial charge in [-0.15, -0.1) is 0 Å². The van der Waals surface area contributed by atoms with Crippen molar-refractivity contribution in [3.8, 4) is 0 Å². The summed E-state index contributed by atoms with van der Waals surface area (Å²) in [7, 11) is 0. The van der Waals surface area contributed by atoms with Crippen molar-refractivity contribution in [3.63, 3.8) is 0 Å². The zero-order chi connectivity index (χ0) is 13.7. The van der Waals surface area contributed by atoms with Crippen molar-refractivity contribution in [2.75, 3.05) is 6.54 Å². The molecule has 4 rings (SSSR count). The molecule has 0 bridgehead atoms. The first-order valence-electron chi connectivity index (χ1n) is 7.28. The lowest BCUT2D eigenvalue weighted by molar-refractivity contribution is 0.218. The third-order valence-electron chi connectivity index (χ3n) is 4.61. The number of hydrogen-bond acceptors (Lipinski definition) is 3. The van der Waals surface area contributed by atoms with Gasteiger partial charge in [0, 0.05) is 6.04 Å². The van der Waals surface area contributed by atoms with Crippen LogP contribution in [0.2, 0.25) is 0 Å². The minimum Gasteiger partial charge on any atom is -0.370 e. The predicted molar refractivity (Wildman–Crippen MR) is 82.7 cm³/mol. The van der Waals surface area contributed by atoms with Crippen LogP contribution in [0.3, 0.4) is 0 Å². The van der Waals surface area contributed by atoms with Gasteiger partial charge in [0.25, 0.3) is 0 Å². The number of nitrogens with two attached hydrogens (primary N) is 1. The minimum absolute atomic E-state index is 0.105. The standard InChI is InChI=1S/C17H19N3/c1-17(11-19-16(18)20(17)13-9-10-13)15-8-4-6-12-5-2-3-7-14(12)15/h2-8,13H,9-11H2,1H3,(H2,18,19). The summed E-state index contributed by atoms with van der Waals surface area (Å²) in [5.41, 5.74) is 7.39. The molecular formula is C17H19N3.